The maximum atomic E-state index is 12.3. The number of carboxylic acid groups (broad SMARTS) is 1. The molecule has 0 bridgehead atoms. The van der Waals surface area contributed by atoms with Gasteiger partial charge in [0.1, 0.15) is 12.6 Å². The molecule has 1 aromatic rings. The van der Waals surface area contributed by atoms with Crippen LogP contribution in [0.25, 0.3) is 0 Å². The Kier molecular flexibility index (Phi) is 5.18. The van der Waals surface area contributed by atoms with E-state index in [-0.39, 0.29) is 18.0 Å². The molecule has 0 saturated heterocycles. The SMILES string of the molecule is CC(C(=O)NC(C)(C)C)N(CC(=O)O)c1ccccc1N. The summed E-state index contributed by atoms with van der Waals surface area (Å²) in [6, 6.07) is 6.26. The van der Waals surface area contributed by atoms with Crippen molar-refractivity contribution in [2.24, 2.45) is 0 Å². The number of rotatable bonds is 5. The van der Waals surface area contributed by atoms with Crippen LogP contribution in [0.4, 0.5) is 11.4 Å². The molecule has 0 aromatic heterocycles. The van der Waals surface area contributed by atoms with Gasteiger partial charge in [-0.1, -0.05) is 12.1 Å². The second-order valence-electron chi connectivity index (χ2n) is 6.00. The summed E-state index contributed by atoms with van der Waals surface area (Å²) in [6.07, 6.45) is 0. The third-order valence-corrected chi connectivity index (χ3v) is 2.90. The normalized spacial score (nSPS) is 12.6. The highest BCUT2D eigenvalue weighted by Crippen LogP contribution is 2.24. The fraction of sp³-hybridized carbons (Fsp3) is 0.467. The van der Waals surface area contributed by atoms with Crippen molar-refractivity contribution in [3.63, 3.8) is 0 Å². The number of carbonyl (C=O) groups is 2. The minimum atomic E-state index is -1.02. The molecule has 0 heterocycles. The lowest BCUT2D eigenvalue weighted by molar-refractivity contribution is -0.135. The summed E-state index contributed by atoms with van der Waals surface area (Å²) in [5.41, 5.74) is 6.49. The summed E-state index contributed by atoms with van der Waals surface area (Å²) >= 11 is 0. The van der Waals surface area contributed by atoms with Crippen molar-refractivity contribution in [2.45, 2.75) is 39.3 Å². The van der Waals surface area contributed by atoms with Gasteiger partial charge in [0.25, 0.3) is 0 Å². The average molecular weight is 293 g/mol. The van der Waals surface area contributed by atoms with Gasteiger partial charge < -0.3 is 21.1 Å². The van der Waals surface area contributed by atoms with E-state index >= 15 is 0 Å². The van der Waals surface area contributed by atoms with Gasteiger partial charge in [-0.3, -0.25) is 9.59 Å². The number of amides is 1. The number of carbonyl (C=O) groups excluding carboxylic acids is 1. The summed E-state index contributed by atoms with van der Waals surface area (Å²) in [5, 5.41) is 11.9. The van der Waals surface area contributed by atoms with Gasteiger partial charge in [0.05, 0.1) is 11.4 Å². The molecule has 1 amide bonds. The highest BCUT2D eigenvalue weighted by Gasteiger charge is 2.27. The van der Waals surface area contributed by atoms with Crippen LogP contribution in [-0.2, 0) is 9.59 Å². The minimum absolute atomic E-state index is 0.244. The van der Waals surface area contributed by atoms with Crippen LogP contribution >= 0.6 is 0 Å². The summed E-state index contributed by atoms with van der Waals surface area (Å²) in [7, 11) is 0. The predicted octanol–water partition coefficient (Wildman–Crippen LogP) is 1.46. The number of aliphatic carboxylic acids is 1. The van der Waals surface area contributed by atoms with Crippen molar-refractivity contribution in [3.05, 3.63) is 24.3 Å². The molecule has 1 unspecified atom stereocenters. The van der Waals surface area contributed by atoms with E-state index in [4.69, 9.17) is 10.8 Å². The van der Waals surface area contributed by atoms with Crippen LogP contribution in [0.1, 0.15) is 27.7 Å². The first-order valence-electron chi connectivity index (χ1n) is 6.77. The smallest absolute Gasteiger partial charge is 0.323 e. The van der Waals surface area contributed by atoms with Crippen molar-refractivity contribution in [1.29, 1.82) is 0 Å². The van der Waals surface area contributed by atoms with Gasteiger partial charge in [-0.05, 0) is 39.8 Å². The van der Waals surface area contributed by atoms with Gasteiger partial charge in [0.2, 0.25) is 5.91 Å². The average Bonchev–Trinajstić information content (AvgIpc) is 2.33. The highest BCUT2D eigenvalue weighted by atomic mass is 16.4. The third kappa shape index (κ3) is 4.98. The van der Waals surface area contributed by atoms with E-state index in [1.54, 1.807) is 31.2 Å². The molecule has 4 N–H and O–H groups in total. The van der Waals surface area contributed by atoms with Gasteiger partial charge in [0, 0.05) is 5.54 Å². The van der Waals surface area contributed by atoms with Crippen LogP contribution in [0.3, 0.4) is 0 Å². The topological polar surface area (TPSA) is 95.7 Å². The maximum Gasteiger partial charge on any atom is 0.323 e. The highest BCUT2D eigenvalue weighted by molar-refractivity contribution is 5.89. The van der Waals surface area contributed by atoms with E-state index in [9.17, 15) is 9.59 Å². The van der Waals surface area contributed by atoms with E-state index in [0.717, 1.165) is 0 Å². The van der Waals surface area contributed by atoms with Crippen molar-refractivity contribution in [3.8, 4) is 0 Å². The molecule has 0 radical (unpaired) electrons. The third-order valence-electron chi connectivity index (χ3n) is 2.90. The summed E-state index contributed by atoms with van der Waals surface area (Å²) in [5.74, 6) is -1.26. The molecule has 1 atom stereocenters. The Morgan fingerprint density at radius 2 is 1.90 bits per heavy atom. The Morgan fingerprint density at radius 3 is 2.38 bits per heavy atom. The van der Waals surface area contributed by atoms with E-state index < -0.39 is 12.0 Å². The maximum absolute atomic E-state index is 12.3. The Hall–Kier alpha value is -2.24. The predicted molar refractivity (Wildman–Crippen MR) is 83.2 cm³/mol. The Labute approximate surface area is 124 Å². The Morgan fingerprint density at radius 1 is 1.33 bits per heavy atom. The number of nitrogens with two attached hydrogens (primary N) is 1. The molecule has 0 aliphatic rings. The van der Waals surface area contributed by atoms with E-state index in [2.05, 4.69) is 5.32 Å². The number of carboxylic acids is 1. The lowest BCUT2D eigenvalue weighted by Crippen LogP contribution is -2.52. The van der Waals surface area contributed by atoms with Gasteiger partial charge in [0.15, 0.2) is 0 Å². The molecular weight excluding hydrogens is 270 g/mol. The van der Waals surface area contributed by atoms with Gasteiger partial charge in [-0.15, -0.1) is 0 Å². The zero-order chi connectivity index (χ0) is 16.2. The second kappa shape index (κ2) is 6.47. The molecule has 0 fully saturated rings. The monoisotopic (exact) mass is 293 g/mol. The van der Waals surface area contributed by atoms with Crippen molar-refractivity contribution in [1.82, 2.24) is 5.32 Å². The number of hydrogen-bond acceptors (Lipinski definition) is 4. The van der Waals surface area contributed by atoms with Gasteiger partial charge in [-0.25, -0.2) is 0 Å². The second-order valence-corrected chi connectivity index (χ2v) is 6.00. The van der Waals surface area contributed by atoms with Crippen LogP contribution < -0.4 is 16.0 Å². The lowest BCUT2D eigenvalue weighted by atomic mass is 10.1. The molecule has 0 aliphatic heterocycles. The fourth-order valence-electron chi connectivity index (χ4n) is 1.94. The molecule has 1 rings (SSSR count). The molecule has 0 aliphatic carbocycles. The van der Waals surface area contributed by atoms with Crippen molar-refractivity contribution >= 4 is 23.3 Å². The number of hydrogen-bond donors (Lipinski definition) is 3. The van der Waals surface area contributed by atoms with Gasteiger partial charge >= 0.3 is 5.97 Å². The van der Waals surface area contributed by atoms with E-state index in [1.807, 2.05) is 20.8 Å². The number of benzene rings is 1. The molecular formula is C15H23N3O3. The number of nitrogen functional groups attached to an aromatic ring is 1. The number of para-hydroxylation sites is 2. The Bertz CT molecular complexity index is 523. The van der Waals surface area contributed by atoms with Crippen LogP contribution in [-0.4, -0.2) is 35.1 Å². The quantitative estimate of drug-likeness (QED) is 0.714. The van der Waals surface area contributed by atoms with Crippen LogP contribution in [0.5, 0.6) is 0 Å². The van der Waals surface area contributed by atoms with Gasteiger partial charge in [-0.2, -0.15) is 0 Å². The zero-order valence-electron chi connectivity index (χ0n) is 12.9. The first kappa shape index (κ1) is 16.8. The minimum Gasteiger partial charge on any atom is -0.480 e. The standard InChI is InChI=1S/C15H23N3O3/c1-10(14(21)17-15(2,3)4)18(9-13(19)20)12-8-6-5-7-11(12)16/h5-8,10H,9,16H2,1-4H3,(H,17,21)(H,19,20). The summed E-state index contributed by atoms with van der Waals surface area (Å²) < 4.78 is 0. The molecule has 6 nitrogen and oxygen atoms in total. The molecule has 116 valence electrons. The van der Waals surface area contributed by atoms with Crippen molar-refractivity contribution < 1.29 is 14.7 Å². The van der Waals surface area contributed by atoms with Crippen LogP contribution in [0.15, 0.2) is 24.3 Å². The molecule has 6 heteroatoms. The van der Waals surface area contributed by atoms with Crippen LogP contribution in [0, 0.1) is 0 Å². The number of nitrogens with one attached hydrogen (secondary N) is 1. The Balaban J connectivity index is 3.06. The van der Waals surface area contributed by atoms with E-state index in [0.29, 0.717) is 11.4 Å². The lowest BCUT2D eigenvalue weighted by Gasteiger charge is -2.32. The zero-order valence-corrected chi connectivity index (χ0v) is 12.9. The molecule has 1 aromatic carbocycles. The first-order valence-corrected chi connectivity index (χ1v) is 6.77. The molecule has 0 saturated carbocycles. The fourth-order valence-corrected chi connectivity index (χ4v) is 1.94. The number of nitrogens with zero attached hydrogens (tertiary/aromatic N) is 1. The number of anilines is 2. The molecule has 21 heavy (non-hydrogen) atoms. The summed E-state index contributed by atoms with van der Waals surface area (Å²) in [6.45, 7) is 6.98. The first-order chi connectivity index (χ1) is 9.61. The summed E-state index contributed by atoms with van der Waals surface area (Å²) in [4.78, 5) is 24.9. The molecule has 0 spiro atoms. The van der Waals surface area contributed by atoms with E-state index in [1.165, 1.54) is 4.90 Å². The van der Waals surface area contributed by atoms with Crippen LogP contribution in [0.2, 0.25) is 0 Å². The van der Waals surface area contributed by atoms with Crippen molar-refractivity contribution in [2.75, 3.05) is 17.2 Å². The largest absolute Gasteiger partial charge is 0.480 e.